The van der Waals surface area contributed by atoms with Gasteiger partial charge < -0.3 is 11.1 Å². The zero-order valence-corrected chi connectivity index (χ0v) is 14.0. The molecule has 0 aliphatic heterocycles. The highest BCUT2D eigenvalue weighted by Crippen LogP contribution is 2.26. The first-order valence-electron chi connectivity index (χ1n) is 6.19. The second-order valence-electron chi connectivity index (χ2n) is 4.76. The van der Waals surface area contributed by atoms with E-state index in [0.717, 1.165) is 27.0 Å². The van der Waals surface area contributed by atoms with Gasteiger partial charge in [-0.05, 0) is 50.1 Å². The summed E-state index contributed by atoms with van der Waals surface area (Å²) in [5.74, 6) is 0.700. The molecular formula is C15H16BrN3S. The van der Waals surface area contributed by atoms with Gasteiger partial charge in [-0.1, -0.05) is 34.2 Å². The third kappa shape index (κ3) is 3.16. The van der Waals surface area contributed by atoms with Crippen molar-refractivity contribution >= 4 is 44.6 Å². The lowest BCUT2D eigenvalue weighted by Gasteiger charge is -2.14. The summed E-state index contributed by atoms with van der Waals surface area (Å²) in [6.45, 7) is 5.98. The number of thiocarbonyl (C=S) groups is 1. The third-order valence-electron chi connectivity index (χ3n) is 3.03. The van der Waals surface area contributed by atoms with Crippen LogP contribution in [0.25, 0.3) is 0 Å². The molecule has 0 saturated carbocycles. The van der Waals surface area contributed by atoms with Gasteiger partial charge in [-0.25, -0.2) is 4.98 Å². The molecule has 20 heavy (non-hydrogen) atoms. The number of hydrogen-bond acceptors (Lipinski definition) is 3. The molecule has 0 amide bonds. The van der Waals surface area contributed by atoms with Crippen LogP contribution in [-0.4, -0.2) is 9.97 Å². The number of hydrogen-bond donors (Lipinski definition) is 2. The number of pyridine rings is 1. The van der Waals surface area contributed by atoms with Gasteiger partial charge in [-0.3, -0.25) is 0 Å². The fraction of sp³-hybridized carbons (Fsp3) is 0.200. The number of rotatable bonds is 3. The maximum atomic E-state index is 5.82. The van der Waals surface area contributed by atoms with Crippen LogP contribution in [0, 0.1) is 20.8 Å². The van der Waals surface area contributed by atoms with E-state index in [0.29, 0.717) is 10.8 Å². The van der Waals surface area contributed by atoms with E-state index in [1.54, 1.807) is 0 Å². The minimum atomic E-state index is 0.351. The molecule has 0 fully saturated rings. The molecule has 0 radical (unpaired) electrons. The summed E-state index contributed by atoms with van der Waals surface area (Å²) in [6, 6.07) is 8.03. The Morgan fingerprint density at radius 2 is 1.90 bits per heavy atom. The fourth-order valence-corrected chi connectivity index (χ4v) is 2.68. The highest BCUT2D eigenvalue weighted by Gasteiger charge is 2.12. The number of anilines is 2. The zero-order chi connectivity index (χ0) is 14.9. The molecule has 5 heteroatoms. The molecule has 0 unspecified atom stereocenters. The fourth-order valence-electron chi connectivity index (χ4n) is 2.05. The Balaban J connectivity index is 2.47. The van der Waals surface area contributed by atoms with Crippen LogP contribution in [0.1, 0.15) is 22.4 Å². The second kappa shape index (κ2) is 5.89. The van der Waals surface area contributed by atoms with E-state index in [1.165, 1.54) is 5.56 Å². The van der Waals surface area contributed by atoms with Crippen molar-refractivity contribution < 1.29 is 0 Å². The van der Waals surface area contributed by atoms with E-state index in [1.807, 2.05) is 45.0 Å². The van der Waals surface area contributed by atoms with Gasteiger partial charge in [0.25, 0.3) is 0 Å². The van der Waals surface area contributed by atoms with Gasteiger partial charge in [-0.2, -0.15) is 0 Å². The van der Waals surface area contributed by atoms with E-state index in [2.05, 4.69) is 26.2 Å². The van der Waals surface area contributed by atoms with Gasteiger partial charge in [0.15, 0.2) is 0 Å². The molecule has 1 aromatic carbocycles. The standard InChI is InChI=1S/C15H16BrN3S/c1-8-4-5-11(7-12(8)16)19-15-13(14(17)20)9(2)6-10(3)18-15/h4-7H,1-3H3,(H2,17,20)(H,18,19). The van der Waals surface area contributed by atoms with Gasteiger partial charge >= 0.3 is 0 Å². The largest absolute Gasteiger partial charge is 0.389 e. The summed E-state index contributed by atoms with van der Waals surface area (Å²) in [4.78, 5) is 4.86. The Bertz CT molecular complexity index is 683. The van der Waals surface area contributed by atoms with E-state index < -0.39 is 0 Å². The maximum Gasteiger partial charge on any atom is 0.141 e. The SMILES string of the molecule is Cc1cc(C)c(C(N)=S)c(Nc2ccc(C)c(Br)c2)n1. The van der Waals surface area contributed by atoms with Crippen LogP contribution in [0.5, 0.6) is 0 Å². The predicted molar refractivity (Wildman–Crippen MR) is 91.8 cm³/mol. The summed E-state index contributed by atoms with van der Waals surface area (Å²) in [5.41, 5.74) is 10.7. The molecule has 0 saturated heterocycles. The van der Waals surface area contributed by atoms with Crippen LogP contribution in [0.2, 0.25) is 0 Å². The topological polar surface area (TPSA) is 50.9 Å². The number of aromatic nitrogens is 1. The quantitative estimate of drug-likeness (QED) is 0.817. The molecule has 1 heterocycles. The lowest BCUT2D eigenvalue weighted by atomic mass is 10.1. The van der Waals surface area contributed by atoms with Crippen molar-refractivity contribution in [1.82, 2.24) is 4.98 Å². The highest BCUT2D eigenvalue weighted by molar-refractivity contribution is 9.10. The van der Waals surface area contributed by atoms with Crippen molar-refractivity contribution in [2.75, 3.05) is 5.32 Å². The summed E-state index contributed by atoms with van der Waals surface area (Å²) >= 11 is 8.66. The number of nitrogens with two attached hydrogens (primary N) is 1. The van der Waals surface area contributed by atoms with Crippen LogP contribution in [0.15, 0.2) is 28.7 Å². The van der Waals surface area contributed by atoms with E-state index in [9.17, 15) is 0 Å². The molecule has 0 aliphatic carbocycles. The Labute approximate surface area is 132 Å². The summed E-state index contributed by atoms with van der Waals surface area (Å²) in [5, 5.41) is 3.29. The normalized spacial score (nSPS) is 10.4. The van der Waals surface area contributed by atoms with E-state index in [4.69, 9.17) is 18.0 Å². The molecule has 0 aliphatic rings. The Hall–Kier alpha value is -1.46. The summed E-state index contributed by atoms with van der Waals surface area (Å²) < 4.78 is 1.05. The van der Waals surface area contributed by atoms with Gasteiger partial charge in [0, 0.05) is 15.9 Å². The first kappa shape index (κ1) is 14.9. The summed E-state index contributed by atoms with van der Waals surface area (Å²) in [6.07, 6.45) is 0. The van der Waals surface area contributed by atoms with Crippen molar-refractivity contribution in [2.45, 2.75) is 20.8 Å². The molecule has 3 N–H and O–H groups in total. The van der Waals surface area contributed by atoms with Crippen LogP contribution >= 0.6 is 28.1 Å². The summed E-state index contributed by atoms with van der Waals surface area (Å²) in [7, 11) is 0. The molecule has 104 valence electrons. The molecule has 0 bridgehead atoms. The highest BCUT2D eigenvalue weighted by atomic mass is 79.9. The van der Waals surface area contributed by atoms with Crippen LogP contribution in [0.3, 0.4) is 0 Å². The van der Waals surface area contributed by atoms with Gasteiger partial charge in [0.05, 0.1) is 5.56 Å². The molecular weight excluding hydrogens is 334 g/mol. The van der Waals surface area contributed by atoms with Crippen molar-refractivity contribution in [3.8, 4) is 0 Å². The van der Waals surface area contributed by atoms with Crippen LogP contribution < -0.4 is 11.1 Å². The molecule has 1 aromatic heterocycles. The van der Waals surface area contributed by atoms with Crippen molar-refractivity contribution in [2.24, 2.45) is 5.73 Å². The lowest BCUT2D eigenvalue weighted by molar-refractivity contribution is 1.17. The van der Waals surface area contributed by atoms with Crippen LogP contribution in [0.4, 0.5) is 11.5 Å². The van der Waals surface area contributed by atoms with Gasteiger partial charge in [0.1, 0.15) is 10.8 Å². The Morgan fingerprint density at radius 1 is 1.20 bits per heavy atom. The monoisotopic (exact) mass is 349 g/mol. The van der Waals surface area contributed by atoms with Gasteiger partial charge in [0.2, 0.25) is 0 Å². The molecule has 0 atom stereocenters. The smallest absolute Gasteiger partial charge is 0.141 e. The maximum absolute atomic E-state index is 5.82. The minimum Gasteiger partial charge on any atom is -0.389 e. The lowest BCUT2D eigenvalue weighted by Crippen LogP contribution is -2.15. The second-order valence-corrected chi connectivity index (χ2v) is 6.05. The number of aryl methyl sites for hydroxylation is 3. The molecule has 2 aromatic rings. The van der Waals surface area contributed by atoms with Crippen LogP contribution in [-0.2, 0) is 0 Å². The number of benzene rings is 1. The zero-order valence-electron chi connectivity index (χ0n) is 11.6. The first-order chi connectivity index (χ1) is 9.38. The van der Waals surface area contributed by atoms with Crippen molar-refractivity contribution in [3.63, 3.8) is 0 Å². The number of nitrogens with one attached hydrogen (secondary N) is 1. The number of nitrogens with zero attached hydrogens (tertiary/aromatic N) is 1. The average Bonchev–Trinajstić information content (AvgIpc) is 2.32. The van der Waals surface area contributed by atoms with E-state index >= 15 is 0 Å². The van der Waals surface area contributed by atoms with E-state index in [-0.39, 0.29) is 0 Å². The average molecular weight is 350 g/mol. The molecule has 2 rings (SSSR count). The minimum absolute atomic E-state index is 0.351. The molecule has 3 nitrogen and oxygen atoms in total. The Kier molecular flexibility index (Phi) is 4.40. The number of halogens is 1. The molecule has 0 spiro atoms. The third-order valence-corrected chi connectivity index (χ3v) is 4.08. The Morgan fingerprint density at radius 3 is 2.50 bits per heavy atom. The first-order valence-corrected chi connectivity index (χ1v) is 7.40. The van der Waals surface area contributed by atoms with Gasteiger partial charge in [-0.15, -0.1) is 0 Å². The van der Waals surface area contributed by atoms with Crippen molar-refractivity contribution in [1.29, 1.82) is 0 Å². The van der Waals surface area contributed by atoms with Crippen molar-refractivity contribution in [3.05, 3.63) is 51.1 Å². The predicted octanol–water partition coefficient (Wildman–Crippen LogP) is 4.15.